The summed E-state index contributed by atoms with van der Waals surface area (Å²) in [6.07, 6.45) is 1.13. The highest BCUT2D eigenvalue weighted by atomic mass is 16.2. The van der Waals surface area contributed by atoms with Crippen LogP contribution in [0.5, 0.6) is 0 Å². The number of carbonyl (C=O) groups is 3. The Bertz CT molecular complexity index is 1760. The van der Waals surface area contributed by atoms with Gasteiger partial charge in [-0.05, 0) is 46.7 Å². The normalized spacial score (nSPS) is 24.0. The fraction of sp³-hybridized carbons (Fsp3) is 0.294. The van der Waals surface area contributed by atoms with E-state index in [9.17, 15) is 19.2 Å². The number of carbonyl (C=O) groups excluding carboxylic acids is 3. The maximum Gasteiger partial charge on any atom is 0.331 e. The van der Waals surface area contributed by atoms with Crippen LogP contribution >= 0.6 is 0 Å². The summed E-state index contributed by atoms with van der Waals surface area (Å²) in [5, 5.41) is 4.57. The number of rotatable bonds is 6. The minimum absolute atomic E-state index is 0.0139. The van der Waals surface area contributed by atoms with Gasteiger partial charge in [-0.2, -0.15) is 0 Å². The Morgan fingerprint density at radius 2 is 1.55 bits per heavy atom. The topological polar surface area (TPSA) is 91.7 Å². The van der Waals surface area contributed by atoms with E-state index in [1.165, 1.54) is 4.90 Å². The van der Waals surface area contributed by atoms with Crippen molar-refractivity contribution in [2.75, 3.05) is 19.6 Å². The molecule has 4 amide bonds. The first-order valence-corrected chi connectivity index (χ1v) is 14.5. The van der Waals surface area contributed by atoms with Crippen molar-refractivity contribution in [1.82, 2.24) is 19.7 Å². The van der Waals surface area contributed by atoms with E-state index >= 15 is 0 Å². The first-order chi connectivity index (χ1) is 20.4. The third-order valence-corrected chi connectivity index (χ3v) is 9.16. The van der Waals surface area contributed by atoms with Crippen LogP contribution in [0.4, 0.5) is 4.79 Å². The summed E-state index contributed by atoms with van der Waals surface area (Å²) in [5.41, 5.74) is 1.21. The summed E-state index contributed by atoms with van der Waals surface area (Å²) in [6.45, 7) is 2.18. The lowest BCUT2D eigenvalue weighted by Gasteiger charge is -2.47. The second-order valence-corrected chi connectivity index (χ2v) is 11.9. The number of aromatic nitrogens is 1. The maximum absolute atomic E-state index is 14.5. The Hall–Kier alpha value is -4.56. The van der Waals surface area contributed by atoms with Crippen molar-refractivity contribution >= 4 is 28.6 Å². The van der Waals surface area contributed by atoms with E-state index in [1.807, 2.05) is 83.4 Å². The number of imide groups is 2. The molecule has 212 valence electrons. The molecule has 2 saturated heterocycles. The first-order valence-electron chi connectivity index (χ1n) is 14.5. The molecule has 8 nitrogen and oxygen atoms in total. The number of nitrogens with zero attached hydrogens (tertiary/aromatic N) is 3. The van der Waals surface area contributed by atoms with Gasteiger partial charge < -0.3 is 9.47 Å². The first kappa shape index (κ1) is 26.3. The second-order valence-electron chi connectivity index (χ2n) is 11.9. The van der Waals surface area contributed by atoms with Gasteiger partial charge in [0.15, 0.2) is 0 Å². The molecule has 3 aliphatic rings. The Balaban J connectivity index is 1.28. The molecule has 4 heterocycles. The minimum atomic E-state index is -1.51. The minimum Gasteiger partial charge on any atom is -0.312 e. The highest BCUT2D eigenvalue weighted by Crippen LogP contribution is 2.39. The number of hydrogen-bond donors (Lipinski definition) is 1. The number of fused-ring (bicyclic) bond motifs is 5. The number of amides is 4. The molecule has 8 heteroatoms. The summed E-state index contributed by atoms with van der Waals surface area (Å²) >= 11 is 0. The third kappa shape index (κ3) is 4.52. The van der Waals surface area contributed by atoms with Crippen molar-refractivity contribution in [1.29, 1.82) is 0 Å². The summed E-state index contributed by atoms with van der Waals surface area (Å²) in [7, 11) is 0. The molecule has 0 saturated carbocycles. The van der Waals surface area contributed by atoms with Gasteiger partial charge in [0.25, 0.3) is 5.56 Å². The molecule has 3 aliphatic heterocycles. The van der Waals surface area contributed by atoms with E-state index < -0.39 is 23.3 Å². The average molecular weight is 561 g/mol. The molecule has 42 heavy (non-hydrogen) atoms. The van der Waals surface area contributed by atoms with E-state index in [0.29, 0.717) is 19.6 Å². The predicted octanol–water partition coefficient (Wildman–Crippen LogP) is 3.93. The lowest BCUT2D eigenvalue weighted by Crippen LogP contribution is -2.67. The van der Waals surface area contributed by atoms with E-state index in [2.05, 4.69) is 10.2 Å². The predicted molar refractivity (Wildman–Crippen MR) is 159 cm³/mol. The quantitative estimate of drug-likeness (QED) is 0.361. The zero-order valence-corrected chi connectivity index (χ0v) is 23.2. The third-order valence-electron chi connectivity index (χ3n) is 9.16. The molecule has 0 aliphatic carbocycles. The van der Waals surface area contributed by atoms with Gasteiger partial charge in [-0.15, -0.1) is 0 Å². The van der Waals surface area contributed by atoms with Gasteiger partial charge in [-0.1, -0.05) is 78.9 Å². The highest BCUT2D eigenvalue weighted by Gasteiger charge is 2.55. The monoisotopic (exact) mass is 560 g/mol. The van der Waals surface area contributed by atoms with Crippen molar-refractivity contribution in [3.63, 3.8) is 0 Å². The highest BCUT2D eigenvalue weighted by molar-refractivity contribution is 6.19. The Morgan fingerprint density at radius 3 is 2.40 bits per heavy atom. The number of barbiturate groups is 1. The Kier molecular flexibility index (Phi) is 6.50. The van der Waals surface area contributed by atoms with E-state index in [1.54, 1.807) is 12.1 Å². The van der Waals surface area contributed by atoms with Gasteiger partial charge in [-0.3, -0.25) is 24.6 Å². The lowest BCUT2D eigenvalue weighted by molar-refractivity contribution is -0.154. The van der Waals surface area contributed by atoms with Gasteiger partial charge in [-0.25, -0.2) is 4.79 Å². The van der Waals surface area contributed by atoms with Crippen LogP contribution in [0, 0.1) is 11.3 Å². The second kappa shape index (κ2) is 10.4. The molecule has 3 atom stereocenters. The number of benzene rings is 3. The van der Waals surface area contributed by atoms with E-state index in [0.717, 1.165) is 34.0 Å². The molecular weight excluding hydrogens is 528 g/mol. The molecular formula is C34H32N4O4. The molecule has 3 aromatic carbocycles. The lowest BCUT2D eigenvalue weighted by atomic mass is 9.75. The van der Waals surface area contributed by atoms with Crippen LogP contribution in [0.25, 0.3) is 10.8 Å². The number of nitrogens with one attached hydrogen (secondary N) is 1. The fourth-order valence-electron chi connectivity index (χ4n) is 7.27. The molecule has 2 bridgehead atoms. The van der Waals surface area contributed by atoms with Crippen molar-refractivity contribution in [3.05, 3.63) is 118 Å². The number of piperidine rings is 1. The summed E-state index contributed by atoms with van der Waals surface area (Å²) in [6, 6.07) is 28.0. The van der Waals surface area contributed by atoms with Crippen LogP contribution in [0.15, 0.2) is 95.8 Å². The Labute approximate surface area is 243 Å². The molecule has 2 fully saturated rings. The molecule has 1 N–H and O–H groups in total. The van der Waals surface area contributed by atoms with Crippen molar-refractivity contribution in [2.24, 2.45) is 11.3 Å². The fourth-order valence-corrected chi connectivity index (χ4v) is 7.27. The number of hydrogen-bond acceptors (Lipinski definition) is 5. The molecule has 0 spiro atoms. The maximum atomic E-state index is 14.5. The molecule has 1 aromatic heterocycles. The van der Waals surface area contributed by atoms with Gasteiger partial charge in [0, 0.05) is 43.9 Å². The van der Waals surface area contributed by atoms with Gasteiger partial charge in [0.05, 0.1) is 6.54 Å². The van der Waals surface area contributed by atoms with Crippen molar-refractivity contribution in [3.8, 4) is 0 Å². The SMILES string of the molecule is O=C1NC(=O)[C@@](Cc2cccc3ccccc23)(CN2C[C@H]3C[C@@H](C2)c2cccc(=O)n2C3)C(=O)N1Cc1ccccc1. The van der Waals surface area contributed by atoms with Crippen LogP contribution in [0.3, 0.4) is 0 Å². The summed E-state index contributed by atoms with van der Waals surface area (Å²) in [5.74, 6) is -0.665. The van der Waals surface area contributed by atoms with Gasteiger partial charge in [0.1, 0.15) is 5.41 Å². The van der Waals surface area contributed by atoms with Crippen LogP contribution in [-0.2, 0) is 29.1 Å². The van der Waals surface area contributed by atoms with Crippen molar-refractivity contribution < 1.29 is 14.4 Å². The van der Waals surface area contributed by atoms with Crippen molar-refractivity contribution in [2.45, 2.75) is 31.8 Å². The molecule has 0 unspecified atom stereocenters. The van der Waals surface area contributed by atoms with Gasteiger partial charge >= 0.3 is 6.03 Å². The van der Waals surface area contributed by atoms with Crippen LogP contribution in [0.2, 0.25) is 0 Å². The Morgan fingerprint density at radius 1 is 0.786 bits per heavy atom. The van der Waals surface area contributed by atoms with Crippen LogP contribution < -0.4 is 10.9 Å². The summed E-state index contributed by atoms with van der Waals surface area (Å²) < 4.78 is 1.88. The number of urea groups is 1. The van der Waals surface area contributed by atoms with Crippen LogP contribution in [0.1, 0.15) is 29.2 Å². The standard InChI is InChI=1S/C34H32N4O4/c39-30-15-7-14-29-27-16-24(20-37(29)30)18-36(21-27)22-34(17-26-12-6-11-25-10-4-5-13-28(25)26)31(40)35-33(42)38(32(34)41)19-23-8-2-1-3-9-23/h1-15,24,27H,16-22H2,(H,35,40,42)/t24-,27+,34-/m1/s1. The average Bonchev–Trinajstić information content (AvgIpc) is 2.99. The number of pyridine rings is 1. The van der Waals surface area contributed by atoms with Crippen LogP contribution in [-0.4, -0.2) is 51.8 Å². The van der Waals surface area contributed by atoms with E-state index in [4.69, 9.17) is 0 Å². The van der Waals surface area contributed by atoms with E-state index in [-0.39, 0.29) is 36.9 Å². The zero-order chi connectivity index (χ0) is 28.8. The smallest absolute Gasteiger partial charge is 0.312 e. The zero-order valence-electron chi connectivity index (χ0n) is 23.2. The number of likely N-dealkylation sites (tertiary alicyclic amines) is 1. The largest absolute Gasteiger partial charge is 0.331 e. The molecule has 0 radical (unpaired) electrons. The summed E-state index contributed by atoms with van der Waals surface area (Å²) in [4.78, 5) is 57.6. The molecule has 7 rings (SSSR count). The molecule has 4 aromatic rings. The van der Waals surface area contributed by atoms with Gasteiger partial charge in [0.2, 0.25) is 11.8 Å².